The molecular formula is C24H24ClFN4O4. The smallest absolute Gasteiger partial charge is 0.270 e. The van der Waals surface area contributed by atoms with Crippen molar-refractivity contribution in [2.24, 2.45) is 0 Å². The van der Waals surface area contributed by atoms with Gasteiger partial charge in [0.2, 0.25) is 0 Å². The van der Waals surface area contributed by atoms with E-state index in [1.165, 1.54) is 12.1 Å². The number of halogens is 2. The van der Waals surface area contributed by atoms with E-state index in [-0.39, 0.29) is 23.3 Å². The van der Waals surface area contributed by atoms with Gasteiger partial charge < -0.3 is 24.9 Å². The van der Waals surface area contributed by atoms with E-state index < -0.39 is 28.9 Å². The highest BCUT2D eigenvalue weighted by Crippen LogP contribution is 2.47. The highest BCUT2D eigenvalue weighted by Gasteiger charge is 2.55. The maximum atomic E-state index is 13.6. The number of fused-ring (bicyclic) bond motifs is 4. The van der Waals surface area contributed by atoms with Gasteiger partial charge >= 0.3 is 0 Å². The lowest BCUT2D eigenvalue weighted by Gasteiger charge is -2.56. The zero-order valence-electron chi connectivity index (χ0n) is 18.3. The SMILES string of the molecule is O=C(COc1ccc(Cl)c(F)c1)NC12CCC(NC(=O)c3cc4cccn4cn3)(CC1)CC2O. The second-order valence-electron chi connectivity index (χ2n) is 9.14. The van der Waals surface area contributed by atoms with Gasteiger partial charge in [0.1, 0.15) is 17.3 Å². The molecular weight excluding hydrogens is 463 g/mol. The number of nitrogens with one attached hydrogen (secondary N) is 2. The van der Waals surface area contributed by atoms with Gasteiger partial charge in [-0.1, -0.05) is 11.6 Å². The third-order valence-electron chi connectivity index (χ3n) is 7.00. The number of aliphatic hydroxyl groups is 1. The zero-order chi connectivity index (χ0) is 23.9. The highest BCUT2D eigenvalue weighted by atomic mass is 35.5. The summed E-state index contributed by atoms with van der Waals surface area (Å²) in [6, 6.07) is 9.45. The Kier molecular flexibility index (Phi) is 5.69. The summed E-state index contributed by atoms with van der Waals surface area (Å²) in [4.78, 5) is 29.7. The summed E-state index contributed by atoms with van der Waals surface area (Å²) >= 11 is 5.66. The average molecular weight is 487 g/mol. The molecule has 3 saturated carbocycles. The van der Waals surface area contributed by atoms with Crippen molar-refractivity contribution < 1.29 is 23.8 Å². The Morgan fingerprint density at radius 2 is 2.00 bits per heavy atom. The number of carbonyl (C=O) groups excluding carboxylic acids is 2. The van der Waals surface area contributed by atoms with E-state index in [1.807, 2.05) is 22.7 Å². The molecule has 10 heteroatoms. The fraction of sp³-hybridized carbons (Fsp3) is 0.375. The van der Waals surface area contributed by atoms with Gasteiger partial charge in [-0.3, -0.25) is 9.59 Å². The Balaban J connectivity index is 1.19. The first-order valence-corrected chi connectivity index (χ1v) is 11.5. The molecule has 2 heterocycles. The molecule has 1 unspecified atom stereocenters. The maximum absolute atomic E-state index is 13.6. The average Bonchev–Trinajstić information content (AvgIpc) is 3.29. The summed E-state index contributed by atoms with van der Waals surface area (Å²) < 4.78 is 20.8. The van der Waals surface area contributed by atoms with Crippen LogP contribution in [-0.2, 0) is 4.79 Å². The number of hydrogen-bond donors (Lipinski definition) is 3. The number of aliphatic hydroxyl groups excluding tert-OH is 1. The van der Waals surface area contributed by atoms with E-state index in [0.717, 1.165) is 11.6 Å². The first kappa shape index (κ1) is 22.6. The van der Waals surface area contributed by atoms with Crippen LogP contribution in [0.15, 0.2) is 48.9 Å². The van der Waals surface area contributed by atoms with Crippen molar-refractivity contribution in [2.75, 3.05) is 6.61 Å². The van der Waals surface area contributed by atoms with Crippen LogP contribution in [0.4, 0.5) is 4.39 Å². The molecule has 0 spiro atoms. The minimum absolute atomic E-state index is 0.0278. The fourth-order valence-electron chi connectivity index (χ4n) is 5.06. The number of rotatable bonds is 6. The minimum Gasteiger partial charge on any atom is -0.484 e. The molecule has 2 amide bonds. The summed E-state index contributed by atoms with van der Waals surface area (Å²) in [6.07, 6.45) is 5.22. The Morgan fingerprint density at radius 1 is 1.21 bits per heavy atom. The molecule has 34 heavy (non-hydrogen) atoms. The van der Waals surface area contributed by atoms with Crippen molar-refractivity contribution >= 4 is 28.9 Å². The monoisotopic (exact) mass is 486 g/mol. The Morgan fingerprint density at radius 3 is 2.74 bits per heavy atom. The lowest BCUT2D eigenvalue weighted by Crippen LogP contribution is -2.70. The molecule has 2 bridgehead atoms. The van der Waals surface area contributed by atoms with E-state index in [1.54, 1.807) is 12.4 Å². The molecule has 6 rings (SSSR count). The third kappa shape index (κ3) is 4.21. The van der Waals surface area contributed by atoms with Crippen LogP contribution in [0.2, 0.25) is 5.02 Å². The molecule has 1 aromatic carbocycles. The van der Waals surface area contributed by atoms with Gasteiger partial charge in [0.25, 0.3) is 11.8 Å². The van der Waals surface area contributed by atoms with Crippen LogP contribution in [-0.4, -0.2) is 50.1 Å². The van der Waals surface area contributed by atoms with Crippen LogP contribution in [0.3, 0.4) is 0 Å². The fourth-order valence-corrected chi connectivity index (χ4v) is 5.17. The van der Waals surface area contributed by atoms with Crippen molar-refractivity contribution in [2.45, 2.75) is 49.3 Å². The van der Waals surface area contributed by atoms with E-state index in [2.05, 4.69) is 15.6 Å². The van der Waals surface area contributed by atoms with E-state index in [4.69, 9.17) is 16.3 Å². The van der Waals surface area contributed by atoms with E-state index >= 15 is 0 Å². The quantitative estimate of drug-likeness (QED) is 0.497. The summed E-state index contributed by atoms with van der Waals surface area (Å²) in [5, 5.41) is 16.9. The van der Waals surface area contributed by atoms with Crippen molar-refractivity contribution in [3.05, 3.63) is 65.5 Å². The summed E-state index contributed by atoms with van der Waals surface area (Å²) in [5.74, 6) is -1.12. The molecule has 3 aliphatic carbocycles. The van der Waals surface area contributed by atoms with Crippen LogP contribution in [0.25, 0.3) is 5.52 Å². The van der Waals surface area contributed by atoms with Crippen molar-refractivity contribution in [3.63, 3.8) is 0 Å². The van der Waals surface area contributed by atoms with Crippen molar-refractivity contribution in [3.8, 4) is 5.75 Å². The van der Waals surface area contributed by atoms with Gasteiger partial charge in [0.15, 0.2) is 6.61 Å². The van der Waals surface area contributed by atoms with Crippen LogP contribution >= 0.6 is 11.6 Å². The summed E-state index contributed by atoms with van der Waals surface area (Å²) in [5.41, 5.74) is -0.131. The molecule has 3 aliphatic rings. The topological polar surface area (TPSA) is 105 Å². The second kappa shape index (κ2) is 8.56. The standard InChI is InChI=1S/C24H24ClFN4O4/c25-17-4-3-16(11-18(17)26)34-13-21(32)28-24-7-5-23(6-8-24,12-20(24)31)29-22(33)19-10-15-2-1-9-30(15)14-27-19/h1-4,9-11,14,20,31H,5-8,12-13H2,(H,28,32)(H,29,33). The van der Waals surface area contributed by atoms with Gasteiger partial charge in [0.05, 0.1) is 23.0 Å². The van der Waals surface area contributed by atoms with Gasteiger partial charge in [-0.2, -0.15) is 0 Å². The Bertz CT molecular complexity index is 1250. The highest BCUT2D eigenvalue weighted by molar-refractivity contribution is 6.30. The zero-order valence-corrected chi connectivity index (χ0v) is 19.0. The third-order valence-corrected chi connectivity index (χ3v) is 7.31. The minimum atomic E-state index is -0.826. The van der Waals surface area contributed by atoms with Gasteiger partial charge in [-0.15, -0.1) is 0 Å². The summed E-state index contributed by atoms with van der Waals surface area (Å²) in [7, 11) is 0. The van der Waals surface area contributed by atoms with Gasteiger partial charge in [-0.05, 0) is 62.4 Å². The maximum Gasteiger partial charge on any atom is 0.270 e. The molecule has 178 valence electrons. The normalized spacial score (nSPS) is 25.8. The summed E-state index contributed by atoms with van der Waals surface area (Å²) in [6.45, 7) is -0.314. The van der Waals surface area contributed by atoms with Crippen LogP contribution in [0, 0.1) is 5.82 Å². The van der Waals surface area contributed by atoms with Crippen LogP contribution < -0.4 is 15.4 Å². The second-order valence-corrected chi connectivity index (χ2v) is 9.54. The predicted octanol–water partition coefficient (Wildman–Crippen LogP) is 2.87. The number of benzene rings is 1. The molecule has 0 radical (unpaired) electrons. The van der Waals surface area contributed by atoms with Gasteiger partial charge in [0, 0.05) is 23.3 Å². The molecule has 8 nitrogen and oxygen atoms in total. The van der Waals surface area contributed by atoms with Crippen LogP contribution in [0.5, 0.6) is 5.75 Å². The molecule has 3 aromatic rings. The first-order valence-electron chi connectivity index (χ1n) is 11.1. The van der Waals surface area contributed by atoms with E-state index in [9.17, 15) is 19.1 Å². The Labute approximate surface area is 200 Å². The van der Waals surface area contributed by atoms with Gasteiger partial charge in [-0.25, -0.2) is 9.37 Å². The largest absolute Gasteiger partial charge is 0.484 e. The molecule has 3 N–H and O–H groups in total. The Hall–Kier alpha value is -3.17. The number of hydrogen-bond acceptors (Lipinski definition) is 5. The number of carbonyl (C=O) groups is 2. The van der Waals surface area contributed by atoms with Crippen LogP contribution in [0.1, 0.15) is 42.6 Å². The molecule has 0 saturated heterocycles. The number of aromatic nitrogens is 2. The molecule has 3 fully saturated rings. The first-order chi connectivity index (χ1) is 16.3. The number of nitrogens with zero attached hydrogens (tertiary/aromatic N) is 2. The molecule has 1 atom stereocenters. The number of amides is 2. The molecule has 0 aliphatic heterocycles. The lowest BCUT2D eigenvalue weighted by atomic mass is 9.60. The lowest BCUT2D eigenvalue weighted by molar-refractivity contribution is -0.132. The number of ether oxygens (including phenoxy) is 1. The van der Waals surface area contributed by atoms with E-state index in [0.29, 0.717) is 37.8 Å². The van der Waals surface area contributed by atoms with Crippen molar-refractivity contribution in [1.82, 2.24) is 20.0 Å². The van der Waals surface area contributed by atoms with Crippen molar-refractivity contribution in [1.29, 1.82) is 0 Å². The molecule has 2 aromatic heterocycles. The predicted molar refractivity (Wildman–Crippen MR) is 122 cm³/mol.